The van der Waals surface area contributed by atoms with E-state index in [9.17, 15) is 14.4 Å². The van der Waals surface area contributed by atoms with Gasteiger partial charge in [0.15, 0.2) is 0 Å². The van der Waals surface area contributed by atoms with Crippen LogP contribution in [0.3, 0.4) is 0 Å². The highest BCUT2D eigenvalue weighted by molar-refractivity contribution is 6.39. The molecule has 0 aromatic carbocycles. The summed E-state index contributed by atoms with van der Waals surface area (Å²) in [6.07, 6.45) is 2.31. The zero-order valence-electron chi connectivity index (χ0n) is 17.2. The molecule has 0 aliphatic heterocycles. The minimum absolute atomic E-state index is 0.168. The number of hydrogen-bond donors (Lipinski definition) is 3. The summed E-state index contributed by atoms with van der Waals surface area (Å²) in [4.78, 5) is 41.2. The summed E-state index contributed by atoms with van der Waals surface area (Å²) in [6, 6.07) is 1.75. The number of esters is 1. The summed E-state index contributed by atoms with van der Waals surface area (Å²) in [5, 5.41) is 2.44. The minimum atomic E-state index is -0.929. The number of aryl methyl sites for hydroxylation is 1. The quantitative estimate of drug-likeness (QED) is 0.190. The van der Waals surface area contributed by atoms with Gasteiger partial charge in [-0.3, -0.25) is 19.8 Å². The Hall–Kier alpha value is -2.68. The van der Waals surface area contributed by atoms with Crippen molar-refractivity contribution in [1.29, 1.82) is 0 Å². The van der Waals surface area contributed by atoms with E-state index in [1.165, 1.54) is 6.20 Å². The minimum Gasteiger partial charge on any atom is -0.466 e. The van der Waals surface area contributed by atoms with Crippen LogP contribution >= 0.6 is 0 Å². The highest BCUT2D eigenvalue weighted by Crippen LogP contribution is 2.23. The lowest BCUT2D eigenvalue weighted by atomic mass is 9.92. The van der Waals surface area contributed by atoms with Crippen LogP contribution in [0.2, 0.25) is 0 Å². The zero-order valence-corrected chi connectivity index (χ0v) is 17.2. The van der Waals surface area contributed by atoms with Crippen molar-refractivity contribution in [1.82, 2.24) is 10.4 Å². The SMILES string of the molecule is CCOC(=O)C(C)C(C)CCN(CC)c1ncc(NC(=O)C(=O)NN)cc1C. The number of pyridine rings is 1. The first-order chi connectivity index (χ1) is 13.2. The molecule has 1 aromatic heterocycles. The van der Waals surface area contributed by atoms with E-state index in [-0.39, 0.29) is 17.8 Å². The van der Waals surface area contributed by atoms with Crippen LogP contribution in [0.5, 0.6) is 0 Å². The van der Waals surface area contributed by atoms with Crippen LogP contribution in [0.25, 0.3) is 0 Å². The standard InChI is InChI=1S/C19H31N5O4/c1-6-24(9-8-12(3)14(5)19(27)28-7-2)16-13(4)10-15(11-21-16)22-17(25)18(26)23-20/h10-12,14H,6-9,20H2,1-5H3,(H,22,25)(H,23,26). The number of nitrogens with one attached hydrogen (secondary N) is 2. The average Bonchev–Trinajstić information content (AvgIpc) is 2.68. The van der Waals surface area contributed by atoms with Gasteiger partial charge in [-0.15, -0.1) is 0 Å². The van der Waals surface area contributed by atoms with Crippen molar-refractivity contribution in [3.8, 4) is 0 Å². The summed E-state index contributed by atoms with van der Waals surface area (Å²) in [7, 11) is 0. The van der Waals surface area contributed by atoms with Crippen molar-refractivity contribution < 1.29 is 19.1 Å². The number of hydrogen-bond acceptors (Lipinski definition) is 7. The fraction of sp³-hybridized carbons (Fsp3) is 0.579. The van der Waals surface area contributed by atoms with Gasteiger partial charge in [0.1, 0.15) is 5.82 Å². The normalized spacial score (nSPS) is 12.6. The molecule has 2 atom stereocenters. The lowest BCUT2D eigenvalue weighted by Crippen LogP contribution is -2.39. The molecule has 9 heteroatoms. The molecule has 0 saturated heterocycles. The largest absolute Gasteiger partial charge is 0.466 e. The number of rotatable bonds is 9. The Morgan fingerprint density at radius 2 is 1.93 bits per heavy atom. The third-order valence-electron chi connectivity index (χ3n) is 4.69. The highest BCUT2D eigenvalue weighted by atomic mass is 16.5. The number of carbonyl (C=O) groups excluding carboxylic acids is 3. The van der Waals surface area contributed by atoms with Crippen LogP contribution in [-0.4, -0.2) is 42.5 Å². The Morgan fingerprint density at radius 3 is 2.46 bits per heavy atom. The fourth-order valence-corrected chi connectivity index (χ4v) is 2.75. The Morgan fingerprint density at radius 1 is 1.25 bits per heavy atom. The molecule has 1 heterocycles. The van der Waals surface area contributed by atoms with Gasteiger partial charge in [-0.05, 0) is 44.7 Å². The molecule has 28 heavy (non-hydrogen) atoms. The Kier molecular flexibility index (Phi) is 9.37. The van der Waals surface area contributed by atoms with Crippen molar-refractivity contribution in [3.05, 3.63) is 17.8 Å². The van der Waals surface area contributed by atoms with Crippen molar-refractivity contribution in [2.75, 3.05) is 29.9 Å². The van der Waals surface area contributed by atoms with E-state index >= 15 is 0 Å². The number of amides is 2. The van der Waals surface area contributed by atoms with E-state index in [1.807, 2.05) is 27.7 Å². The van der Waals surface area contributed by atoms with Crippen molar-refractivity contribution in [2.24, 2.45) is 17.7 Å². The predicted molar refractivity (Wildman–Crippen MR) is 107 cm³/mol. The molecule has 0 radical (unpaired) electrons. The molecule has 2 unspecified atom stereocenters. The van der Waals surface area contributed by atoms with Gasteiger partial charge < -0.3 is 15.0 Å². The zero-order chi connectivity index (χ0) is 21.3. The summed E-state index contributed by atoms with van der Waals surface area (Å²) in [5.74, 6) is 3.78. The molecule has 1 rings (SSSR count). The third kappa shape index (κ3) is 6.49. The Balaban J connectivity index is 2.77. The summed E-state index contributed by atoms with van der Waals surface area (Å²) < 4.78 is 5.10. The number of aromatic nitrogens is 1. The molecule has 0 saturated carbocycles. The molecule has 4 N–H and O–H groups in total. The van der Waals surface area contributed by atoms with Gasteiger partial charge >= 0.3 is 17.8 Å². The summed E-state index contributed by atoms with van der Waals surface area (Å²) >= 11 is 0. The molecule has 9 nitrogen and oxygen atoms in total. The molecule has 0 aliphatic rings. The smallest absolute Gasteiger partial charge is 0.323 e. The first-order valence-electron chi connectivity index (χ1n) is 9.45. The molecule has 0 spiro atoms. The van der Waals surface area contributed by atoms with Crippen molar-refractivity contribution in [3.63, 3.8) is 0 Å². The second-order valence-electron chi connectivity index (χ2n) is 6.68. The number of carbonyl (C=O) groups is 3. The Bertz CT molecular complexity index is 695. The molecule has 1 aromatic rings. The Labute approximate surface area is 166 Å². The number of anilines is 2. The monoisotopic (exact) mass is 393 g/mol. The maximum Gasteiger partial charge on any atom is 0.323 e. The van der Waals surface area contributed by atoms with Crippen LogP contribution in [0, 0.1) is 18.8 Å². The van der Waals surface area contributed by atoms with Crippen LogP contribution in [0.1, 0.15) is 39.7 Å². The van der Waals surface area contributed by atoms with Gasteiger partial charge in [0.25, 0.3) is 0 Å². The number of nitrogens with zero attached hydrogens (tertiary/aromatic N) is 2. The lowest BCUT2D eigenvalue weighted by molar-refractivity contribution is -0.149. The third-order valence-corrected chi connectivity index (χ3v) is 4.69. The van der Waals surface area contributed by atoms with Gasteiger partial charge in [-0.2, -0.15) is 0 Å². The van der Waals surface area contributed by atoms with E-state index in [1.54, 1.807) is 18.4 Å². The van der Waals surface area contributed by atoms with Crippen molar-refractivity contribution in [2.45, 2.75) is 41.0 Å². The highest BCUT2D eigenvalue weighted by Gasteiger charge is 2.22. The summed E-state index contributed by atoms with van der Waals surface area (Å²) in [5.41, 5.74) is 3.05. The topological polar surface area (TPSA) is 127 Å². The van der Waals surface area contributed by atoms with Crippen molar-refractivity contribution >= 4 is 29.3 Å². The maximum atomic E-state index is 11.9. The first kappa shape index (κ1) is 23.4. The van der Waals surface area contributed by atoms with Gasteiger partial charge in [0, 0.05) is 13.1 Å². The second kappa shape index (κ2) is 11.2. The first-order valence-corrected chi connectivity index (χ1v) is 9.45. The lowest BCUT2D eigenvalue weighted by Gasteiger charge is -2.27. The van der Waals surface area contributed by atoms with Gasteiger partial charge in [-0.1, -0.05) is 13.8 Å². The molecule has 0 fully saturated rings. The average molecular weight is 393 g/mol. The van der Waals surface area contributed by atoms with Gasteiger partial charge in [0.05, 0.1) is 24.4 Å². The van der Waals surface area contributed by atoms with Crippen LogP contribution in [0.15, 0.2) is 12.3 Å². The molecule has 2 amide bonds. The van der Waals surface area contributed by atoms with E-state index in [0.717, 1.165) is 30.9 Å². The van der Waals surface area contributed by atoms with Gasteiger partial charge in [-0.25, -0.2) is 10.8 Å². The van der Waals surface area contributed by atoms with Crippen LogP contribution in [0.4, 0.5) is 11.5 Å². The van der Waals surface area contributed by atoms with Crippen LogP contribution in [-0.2, 0) is 19.1 Å². The molecule has 0 aliphatic carbocycles. The number of nitrogens with two attached hydrogens (primary N) is 1. The number of hydrazine groups is 1. The second-order valence-corrected chi connectivity index (χ2v) is 6.68. The molecule has 156 valence electrons. The maximum absolute atomic E-state index is 11.9. The van der Waals surface area contributed by atoms with E-state index < -0.39 is 11.8 Å². The van der Waals surface area contributed by atoms with E-state index in [0.29, 0.717) is 12.3 Å². The van der Waals surface area contributed by atoms with E-state index in [4.69, 9.17) is 10.6 Å². The van der Waals surface area contributed by atoms with Gasteiger partial charge in [0.2, 0.25) is 0 Å². The molecular formula is C19H31N5O4. The molecule has 0 bridgehead atoms. The molecular weight excluding hydrogens is 362 g/mol. The van der Waals surface area contributed by atoms with Crippen LogP contribution < -0.4 is 21.5 Å². The van der Waals surface area contributed by atoms with E-state index in [2.05, 4.69) is 15.2 Å². The fourth-order valence-electron chi connectivity index (χ4n) is 2.75. The number of ether oxygens (including phenoxy) is 1. The predicted octanol–water partition coefficient (Wildman–Crippen LogP) is 1.37. The summed E-state index contributed by atoms with van der Waals surface area (Å²) in [6.45, 7) is 11.5.